The van der Waals surface area contributed by atoms with Crippen molar-refractivity contribution in [2.45, 2.75) is 20.8 Å². The zero-order valence-electron chi connectivity index (χ0n) is 8.80. The van der Waals surface area contributed by atoms with Gasteiger partial charge in [-0.1, -0.05) is 20.8 Å². The fraction of sp³-hybridized carbons (Fsp3) is 0.900. The number of carbonyl (C=O) groups excluding carboxylic acids is 1. The average molecular weight is 201 g/mol. The molecular formula is C10H19NOS. The lowest BCUT2D eigenvalue weighted by molar-refractivity contribution is -0.127. The molecule has 1 fully saturated rings. The van der Waals surface area contributed by atoms with Gasteiger partial charge in [0.15, 0.2) is 5.78 Å². The molecule has 1 saturated heterocycles. The zero-order chi connectivity index (χ0) is 9.90. The van der Waals surface area contributed by atoms with Crippen LogP contribution in [0.15, 0.2) is 0 Å². The van der Waals surface area contributed by atoms with Gasteiger partial charge in [-0.25, -0.2) is 0 Å². The summed E-state index contributed by atoms with van der Waals surface area (Å²) in [7, 11) is 0. The number of hydrogen-bond donors (Lipinski definition) is 0. The van der Waals surface area contributed by atoms with Gasteiger partial charge in [-0.3, -0.25) is 9.69 Å². The summed E-state index contributed by atoms with van der Waals surface area (Å²) in [5.74, 6) is 2.72. The molecule has 0 bridgehead atoms. The lowest BCUT2D eigenvalue weighted by Gasteiger charge is -2.28. The van der Waals surface area contributed by atoms with Crippen LogP contribution in [0, 0.1) is 5.41 Å². The van der Waals surface area contributed by atoms with E-state index in [9.17, 15) is 4.79 Å². The first-order valence-electron chi connectivity index (χ1n) is 4.83. The van der Waals surface area contributed by atoms with E-state index in [0.717, 1.165) is 13.1 Å². The fourth-order valence-corrected chi connectivity index (χ4v) is 2.18. The molecule has 0 unspecified atom stereocenters. The zero-order valence-corrected chi connectivity index (χ0v) is 9.62. The summed E-state index contributed by atoms with van der Waals surface area (Å²) < 4.78 is 0. The van der Waals surface area contributed by atoms with E-state index in [1.165, 1.54) is 11.5 Å². The van der Waals surface area contributed by atoms with Crippen molar-refractivity contribution in [3.05, 3.63) is 0 Å². The first-order valence-corrected chi connectivity index (χ1v) is 5.99. The fourth-order valence-electron chi connectivity index (χ4n) is 1.20. The molecule has 0 aromatic carbocycles. The van der Waals surface area contributed by atoms with Crippen LogP contribution >= 0.6 is 11.8 Å². The number of ketones is 1. The summed E-state index contributed by atoms with van der Waals surface area (Å²) >= 11 is 1.98. The first kappa shape index (κ1) is 11.1. The van der Waals surface area contributed by atoms with E-state index in [2.05, 4.69) is 4.90 Å². The van der Waals surface area contributed by atoms with E-state index >= 15 is 0 Å². The summed E-state index contributed by atoms with van der Waals surface area (Å²) in [6.45, 7) is 8.78. The van der Waals surface area contributed by atoms with E-state index < -0.39 is 0 Å². The number of rotatable bonds is 2. The van der Waals surface area contributed by atoms with E-state index in [0.29, 0.717) is 12.3 Å². The van der Waals surface area contributed by atoms with Crippen molar-refractivity contribution in [2.24, 2.45) is 5.41 Å². The molecule has 0 radical (unpaired) electrons. The normalized spacial score (nSPS) is 20.2. The predicted molar refractivity (Wildman–Crippen MR) is 58.2 cm³/mol. The van der Waals surface area contributed by atoms with Crippen LogP contribution in [0.3, 0.4) is 0 Å². The molecule has 0 amide bonds. The average Bonchev–Trinajstić information content (AvgIpc) is 2.04. The molecule has 0 saturated carbocycles. The van der Waals surface area contributed by atoms with Gasteiger partial charge < -0.3 is 0 Å². The third kappa shape index (κ3) is 3.69. The van der Waals surface area contributed by atoms with Gasteiger partial charge in [-0.05, 0) is 0 Å². The lowest BCUT2D eigenvalue weighted by Crippen LogP contribution is -2.40. The lowest BCUT2D eigenvalue weighted by atomic mass is 9.90. The second-order valence-corrected chi connectivity index (χ2v) is 5.79. The summed E-state index contributed by atoms with van der Waals surface area (Å²) in [5, 5.41) is 0. The molecule has 1 aliphatic heterocycles. The molecule has 1 aliphatic rings. The molecule has 0 spiro atoms. The van der Waals surface area contributed by atoms with Crippen molar-refractivity contribution in [1.82, 2.24) is 4.90 Å². The quantitative estimate of drug-likeness (QED) is 0.677. The molecule has 1 rings (SSSR count). The van der Waals surface area contributed by atoms with Crippen LogP contribution in [-0.2, 0) is 4.79 Å². The smallest absolute Gasteiger partial charge is 0.152 e. The minimum absolute atomic E-state index is 0.176. The minimum Gasteiger partial charge on any atom is -0.298 e. The summed E-state index contributed by atoms with van der Waals surface area (Å²) in [6.07, 6.45) is 0. The molecule has 1 heterocycles. The standard InChI is InChI=1S/C10H19NOS/c1-10(2,3)9(12)8-11-4-6-13-7-5-11/h4-8H2,1-3H3. The molecule has 76 valence electrons. The topological polar surface area (TPSA) is 20.3 Å². The Hall–Kier alpha value is -0.0200. The molecule has 0 aliphatic carbocycles. The highest BCUT2D eigenvalue weighted by atomic mass is 32.2. The van der Waals surface area contributed by atoms with Crippen molar-refractivity contribution in [3.8, 4) is 0 Å². The van der Waals surface area contributed by atoms with Gasteiger partial charge >= 0.3 is 0 Å². The molecule has 13 heavy (non-hydrogen) atoms. The van der Waals surface area contributed by atoms with Crippen LogP contribution in [-0.4, -0.2) is 41.8 Å². The number of thioether (sulfide) groups is 1. The third-order valence-corrected chi connectivity index (χ3v) is 3.25. The van der Waals surface area contributed by atoms with Gasteiger partial charge in [0.25, 0.3) is 0 Å². The molecular weight excluding hydrogens is 182 g/mol. The Morgan fingerprint density at radius 1 is 1.31 bits per heavy atom. The Balaban J connectivity index is 2.35. The van der Waals surface area contributed by atoms with E-state index in [1.807, 2.05) is 32.5 Å². The van der Waals surface area contributed by atoms with Crippen molar-refractivity contribution in [2.75, 3.05) is 31.1 Å². The van der Waals surface area contributed by atoms with Crippen molar-refractivity contribution < 1.29 is 4.79 Å². The SMILES string of the molecule is CC(C)(C)C(=O)CN1CCSCC1. The minimum atomic E-state index is -0.176. The molecule has 0 atom stereocenters. The Morgan fingerprint density at radius 3 is 2.31 bits per heavy atom. The largest absolute Gasteiger partial charge is 0.298 e. The molecule has 0 aromatic rings. The van der Waals surface area contributed by atoms with Gasteiger partial charge in [0.05, 0.1) is 6.54 Å². The van der Waals surface area contributed by atoms with Crippen LogP contribution in [0.5, 0.6) is 0 Å². The van der Waals surface area contributed by atoms with Crippen LogP contribution in [0.2, 0.25) is 0 Å². The Bertz CT molecular complexity index is 180. The first-order chi connectivity index (χ1) is 6.00. The van der Waals surface area contributed by atoms with Crippen LogP contribution < -0.4 is 0 Å². The summed E-state index contributed by atoms with van der Waals surface area (Å²) in [6, 6.07) is 0. The van der Waals surface area contributed by atoms with Gasteiger partial charge in [-0.2, -0.15) is 11.8 Å². The molecule has 0 N–H and O–H groups in total. The monoisotopic (exact) mass is 201 g/mol. The Labute approximate surface area is 85.1 Å². The maximum absolute atomic E-state index is 11.7. The van der Waals surface area contributed by atoms with E-state index in [-0.39, 0.29) is 5.41 Å². The maximum Gasteiger partial charge on any atom is 0.152 e. The molecule has 2 nitrogen and oxygen atoms in total. The number of Topliss-reactive ketones (excluding diaryl/α,β-unsaturated/α-hetero) is 1. The van der Waals surface area contributed by atoms with Crippen molar-refractivity contribution in [3.63, 3.8) is 0 Å². The number of hydrogen-bond acceptors (Lipinski definition) is 3. The highest BCUT2D eigenvalue weighted by Crippen LogP contribution is 2.16. The predicted octanol–water partition coefficient (Wildman–Crippen LogP) is 1.65. The summed E-state index contributed by atoms with van der Waals surface area (Å²) in [5.41, 5.74) is -0.176. The van der Waals surface area contributed by atoms with Crippen LogP contribution in [0.1, 0.15) is 20.8 Å². The van der Waals surface area contributed by atoms with Crippen LogP contribution in [0.4, 0.5) is 0 Å². The van der Waals surface area contributed by atoms with Gasteiger partial charge in [0.1, 0.15) is 0 Å². The Morgan fingerprint density at radius 2 is 1.85 bits per heavy atom. The second-order valence-electron chi connectivity index (χ2n) is 4.56. The highest BCUT2D eigenvalue weighted by molar-refractivity contribution is 7.99. The maximum atomic E-state index is 11.7. The molecule has 3 heteroatoms. The third-order valence-electron chi connectivity index (χ3n) is 2.31. The number of nitrogens with zero attached hydrogens (tertiary/aromatic N) is 1. The Kier molecular flexibility index (Phi) is 3.80. The van der Waals surface area contributed by atoms with Crippen LogP contribution in [0.25, 0.3) is 0 Å². The van der Waals surface area contributed by atoms with E-state index in [4.69, 9.17) is 0 Å². The van der Waals surface area contributed by atoms with Gasteiger partial charge in [0, 0.05) is 30.0 Å². The highest BCUT2D eigenvalue weighted by Gasteiger charge is 2.23. The summed E-state index contributed by atoms with van der Waals surface area (Å²) in [4.78, 5) is 14.0. The van der Waals surface area contributed by atoms with Crippen molar-refractivity contribution in [1.29, 1.82) is 0 Å². The number of carbonyl (C=O) groups is 1. The molecule has 0 aromatic heterocycles. The van der Waals surface area contributed by atoms with Crippen molar-refractivity contribution >= 4 is 17.5 Å². The second kappa shape index (κ2) is 4.47. The van der Waals surface area contributed by atoms with Gasteiger partial charge in [-0.15, -0.1) is 0 Å². The van der Waals surface area contributed by atoms with Gasteiger partial charge in [0.2, 0.25) is 0 Å². The van der Waals surface area contributed by atoms with E-state index in [1.54, 1.807) is 0 Å².